The number of halogens is 4. The zero-order valence-corrected chi connectivity index (χ0v) is 11.6. The first kappa shape index (κ1) is 16.9. The summed E-state index contributed by atoms with van der Waals surface area (Å²) in [6, 6.07) is 6.51. The van der Waals surface area contributed by atoms with Gasteiger partial charge in [-0.25, -0.2) is 17.6 Å². The molecule has 0 bridgehead atoms. The van der Waals surface area contributed by atoms with Crippen LogP contribution in [0, 0.1) is 23.3 Å². The summed E-state index contributed by atoms with van der Waals surface area (Å²) in [6.45, 7) is 3.06. The normalized spacial score (nSPS) is 9.81. The summed E-state index contributed by atoms with van der Waals surface area (Å²) in [5.41, 5.74) is 0.479. The van der Waals surface area contributed by atoms with Crippen LogP contribution in [0.2, 0.25) is 0 Å². The first-order valence-electron chi connectivity index (χ1n) is 6.25. The standard InChI is InChI=1S/C8H6F2O.C8H8F2/c1-5(11)7-3-2-6(9)4-8(7)10;1-2-6-3-4-7(9)5-8(6)10/h2-4H,1H3;3-5H,2H2,1H3. The summed E-state index contributed by atoms with van der Waals surface area (Å²) in [6.07, 6.45) is 0.603. The summed E-state index contributed by atoms with van der Waals surface area (Å²) in [4.78, 5) is 10.6. The second kappa shape index (κ2) is 7.57. The lowest BCUT2D eigenvalue weighted by Gasteiger charge is -1.96. The van der Waals surface area contributed by atoms with Crippen LogP contribution in [-0.4, -0.2) is 5.78 Å². The molecule has 2 rings (SSSR count). The van der Waals surface area contributed by atoms with E-state index >= 15 is 0 Å². The molecule has 0 aliphatic carbocycles. The van der Waals surface area contributed by atoms with Crippen LogP contribution >= 0.6 is 0 Å². The van der Waals surface area contributed by atoms with Crippen LogP contribution in [0.1, 0.15) is 29.8 Å². The van der Waals surface area contributed by atoms with Gasteiger partial charge in [0, 0.05) is 12.1 Å². The third-order valence-corrected chi connectivity index (χ3v) is 2.71. The minimum absolute atomic E-state index is 0.0774. The molecule has 0 aliphatic rings. The van der Waals surface area contributed by atoms with Gasteiger partial charge in [0.05, 0.1) is 5.56 Å². The monoisotopic (exact) mass is 298 g/mol. The molecule has 0 amide bonds. The van der Waals surface area contributed by atoms with E-state index < -0.39 is 29.1 Å². The third kappa shape index (κ3) is 5.02. The number of Topliss-reactive ketones (excluding diaryl/α,β-unsaturated/α-hetero) is 1. The fourth-order valence-electron chi connectivity index (χ4n) is 1.58. The Morgan fingerprint density at radius 3 is 1.86 bits per heavy atom. The number of carbonyl (C=O) groups is 1. The predicted octanol–water partition coefficient (Wildman–Crippen LogP) is 4.69. The van der Waals surface area contributed by atoms with Gasteiger partial charge in [0.25, 0.3) is 0 Å². The Balaban J connectivity index is 0.000000211. The van der Waals surface area contributed by atoms with Crippen molar-refractivity contribution >= 4 is 5.78 Å². The Labute approximate surface area is 120 Å². The molecule has 21 heavy (non-hydrogen) atoms. The Bertz CT molecular complexity index is 638. The molecule has 0 fully saturated rings. The zero-order valence-electron chi connectivity index (χ0n) is 11.6. The molecule has 0 heterocycles. The number of benzene rings is 2. The van der Waals surface area contributed by atoms with E-state index in [1.807, 2.05) is 6.92 Å². The fraction of sp³-hybridized carbons (Fsp3) is 0.188. The van der Waals surface area contributed by atoms with Gasteiger partial charge in [-0.1, -0.05) is 13.0 Å². The number of hydrogen-bond acceptors (Lipinski definition) is 1. The summed E-state index contributed by atoms with van der Waals surface area (Å²) in [5.74, 6) is -2.86. The molecule has 112 valence electrons. The highest BCUT2D eigenvalue weighted by atomic mass is 19.1. The molecule has 0 radical (unpaired) electrons. The lowest BCUT2D eigenvalue weighted by Crippen LogP contribution is -1.96. The molecule has 1 nitrogen and oxygen atoms in total. The van der Waals surface area contributed by atoms with E-state index in [1.54, 1.807) is 0 Å². The summed E-state index contributed by atoms with van der Waals surface area (Å²) < 4.78 is 49.8. The van der Waals surface area contributed by atoms with Crippen molar-refractivity contribution in [2.45, 2.75) is 20.3 Å². The Morgan fingerprint density at radius 2 is 1.43 bits per heavy atom. The van der Waals surface area contributed by atoms with Crippen molar-refractivity contribution in [3.8, 4) is 0 Å². The maximum Gasteiger partial charge on any atom is 0.162 e. The lowest BCUT2D eigenvalue weighted by molar-refractivity contribution is 0.101. The summed E-state index contributed by atoms with van der Waals surface area (Å²) in [7, 11) is 0. The molecule has 0 unspecified atom stereocenters. The second-order valence-electron chi connectivity index (χ2n) is 4.27. The SMILES string of the molecule is CC(=O)c1ccc(F)cc1F.CCc1ccc(F)cc1F. The molecule has 0 aliphatic heterocycles. The van der Waals surface area contributed by atoms with Gasteiger partial charge in [-0.05, 0) is 37.1 Å². The molecular weight excluding hydrogens is 284 g/mol. The van der Waals surface area contributed by atoms with Crippen molar-refractivity contribution in [2.24, 2.45) is 0 Å². The minimum Gasteiger partial charge on any atom is -0.294 e. The van der Waals surface area contributed by atoms with Gasteiger partial charge in [0.2, 0.25) is 0 Å². The molecule has 5 heteroatoms. The summed E-state index contributed by atoms with van der Waals surface area (Å²) in [5, 5.41) is 0. The van der Waals surface area contributed by atoms with E-state index in [4.69, 9.17) is 0 Å². The molecule has 2 aromatic rings. The molecule has 0 atom stereocenters. The molecule has 2 aromatic carbocycles. The van der Waals surface area contributed by atoms with Crippen LogP contribution < -0.4 is 0 Å². The smallest absolute Gasteiger partial charge is 0.162 e. The Morgan fingerprint density at radius 1 is 0.905 bits per heavy atom. The molecule has 0 spiro atoms. The van der Waals surface area contributed by atoms with Crippen LogP contribution in [0.15, 0.2) is 36.4 Å². The predicted molar refractivity (Wildman–Crippen MR) is 72.1 cm³/mol. The van der Waals surface area contributed by atoms with E-state index in [0.29, 0.717) is 18.1 Å². The van der Waals surface area contributed by atoms with Crippen LogP contribution in [0.3, 0.4) is 0 Å². The van der Waals surface area contributed by atoms with Crippen LogP contribution in [0.5, 0.6) is 0 Å². The fourth-order valence-corrected chi connectivity index (χ4v) is 1.58. The first-order valence-corrected chi connectivity index (χ1v) is 6.25. The first-order chi connectivity index (χ1) is 9.85. The highest BCUT2D eigenvalue weighted by Crippen LogP contribution is 2.10. The van der Waals surface area contributed by atoms with Crippen LogP contribution in [0.25, 0.3) is 0 Å². The number of rotatable bonds is 2. The number of ketones is 1. The minimum atomic E-state index is -0.808. The van der Waals surface area contributed by atoms with Crippen LogP contribution in [-0.2, 0) is 6.42 Å². The van der Waals surface area contributed by atoms with E-state index in [0.717, 1.165) is 18.2 Å². The van der Waals surface area contributed by atoms with Gasteiger partial charge in [0.1, 0.15) is 23.3 Å². The highest BCUT2D eigenvalue weighted by Gasteiger charge is 2.06. The maximum atomic E-state index is 12.6. The van der Waals surface area contributed by atoms with Gasteiger partial charge in [0.15, 0.2) is 5.78 Å². The van der Waals surface area contributed by atoms with Gasteiger partial charge >= 0.3 is 0 Å². The number of carbonyl (C=O) groups excluding carboxylic acids is 1. The largest absolute Gasteiger partial charge is 0.294 e. The summed E-state index contributed by atoms with van der Waals surface area (Å²) >= 11 is 0. The van der Waals surface area contributed by atoms with Gasteiger partial charge in [-0.15, -0.1) is 0 Å². The van der Waals surface area contributed by atoms with E-state index in [1.165, 1.54) is 19.1 Å². The average Bonchev–Trinajstić information content (AvgIpc) is 2.39. The maximum absolute atomic E-state index is 12.6. The van der Waals surface area contributed by atoms with Gasteiger partial charge in [-0.2, -0.15) is 0 Å². The second-order valence-corrected chi connectivity index (χ2v) is 4.27. The van der Waals surface area contributed by atoms with Gasteiger partial charge < -0.3 is 0 Å². The highest BCUT2D eigenvalue weighted by molar-refractivity contribution is 5.94. The molecule has 0 saturated heterocycles. The Kier molecular flexibility index (Phi) is 6.09. The quantitative estimate of drug-likeness (QED) is 0.580. The topological polar surface area (TPSA) is 17.1 Å². The van der Waals surface area contributed by atoms with Crippen molar-refractivity contribution in [3.05, 3.63) is 70.8 Å². The van der Waals surface area contributed by atoms with Crippen molar-refractivity contribution in [1.29, 1.82) is 0 Å². The molecular formula is C16H14F4O. The van der Waals surface area contributed by atoms with Crippen molar-refractivity contribution in [1.82, 2.24) is 0 Å². The van der Waals surface area contributed by atoms with Crippen LogP contribution in [0.4, 0.5) is 17.6 Å². The number of hydrogen-bond donors (Lipinski definition) is 0. The third-order valence-electron chi connectivity index (χ3n) is 2.71. The molecule has 0 aromatic heterocycles. The zero-order chi connectivity index (χ0) is 16.0. The van der Waals surface area contributed by atoms with Crippen molar-refractivity contribution < 1.29 is 22.4 Å². The molecule has 0 N–H and O–H groups in total. The van der Waals surface area contributed by atoms with E-state index in [9.17, 15) is 22.4 Å². The van der Waals surface area contributed by atoms with E-state index in [2.05, 4.69) is 0 Å². The van der Waals surface area contributed by atoms with Gasteiger partial charge in [-0.3, -0.25) is 4.79 Å². The van der Waals surface area contributed by atoms with Crippen molar-refractivity contribution in [2.75, 3.05) is 0 Å². The Hall–Kier alpha value is -2.17. The average molecular weight is 298 g/mol. The molecule has 0 saturated carbocycles. The van der Waals surface area contributed by atoms with Crippen molar-refractivity contribution in [3.63, 3.8) is 0 Å². The van der Waals surface area contributed by atoms with E-state index in [-0.39, 0.29) is 5.56 Å². The lowest BCUT2D eigenvalue weighted by atomic mass is 10.1. The number of aryl methyl sites for hydroxylation is 1.